The molecule has 0 fully saturated rings. The molecule has 1 aromatic heterocycles. The van der Waals surface area contributed by atoms with Crippen LogP contribution in [-0.2, 0) is 22.8 Å². The number of amides is 1. The molecule has 12 heavy (non-hydrogen) atoms. The minimum Gasteiger partial charge on any atom is -0.309 e. The summed E-state index contributed by atoms with van der Waals surface area (Å²) in [6.45, 7) is 0.396. The largest absolute Gasteiger partial charge is 0.309 e. The Balaban J connectivity index is 2.17. The van der Waals surface area contributed by atoms with Crippen molar-refractivity contribution >= 4 is 23.5 Å². The van der Waals surface area contributed by atoms with E-state index in [1.54, 1.807) is 4.68 Å². The maximum Gasteiger partial charge on any atom is 0.247 e. The van der Waals surface area contributed by atoms with Gasteiger partial charge in [-0.1, -0.05) is 0 Å². The Kier molecular flexibility index (Phi) is 1.11. The third-order valence-electron chi connectivity index (χ3n) is 2.17. The quantitative estimate of drug-likeness (QED) is 0.637. The van der Waals surface area contributed by atoms with Gasteiger partial charge in [-0.05, 0) is 0 Å². The highest BCUT2D eigenvalue weighted by atomic mass is 32.2. The van der Waals surface area contributed by atoms with Gasteiger partial charge in [0.25, 0.3) is 0 Å². The summed E-state index contributed by atoms with van der Waals surface area (Å²) in [5.41, 5.74) is 2.38. The molecule has 0 saturated heterocycles. The fourth-order valence-electron chi connectivity index (χ4n) is 1.63. The lowest BCUT2D eigenvalue weighted by atomic mass is 10.3. The lowest BCUT2D eigenvalue weighted by Crippen LogP contribution is -2.07. The van der Waals surface area contributed by atoms with E-state index >= 15 is 0 Å². The zero-order valence-electron chi connectivity index (χ0n) is 6.33. The van der Waals surface area contributed by atoms with E-state index in [2.05, 4.69) is 10.4 Å². The number of hydrogen-bond acceptors (Lipinski definition) is 3. The standard InChI is InChI=1S/C7H7N3OS/c11-6-1-10-7(8-6)4-2-12-3-5(4)9-10/h1-3H2,(H,8,11). The topological polar surface area (TPSA) is 46.9 Å². The first-order valence-corrected chi connectivity index (χ1v) is 4.96. The van der Waals surface area contributed by atoms with Gasteiger partial charge < -0.3 is 5.32 Å². The second-order valence-corrected chi connectivity index (χ2v) is 3.96. The number of nitrogens with one attached hydrogen (secondary N) is 1. The Hall–Kier alpha value is -0.970. The summed E-state index contributed by atoms with van der Waals surface area (Å²) < 4.78 is 1.77. The number of carbonyl (C=O) groups is 1. The number of thioether (sulfide) groups is 1. The second-order valence-electron chi connectivity index (χ2n) is 2.97. The number of carbonyl (C=O) groups excluding carboxylic acids is 1. The van der Waals surface area contributed by atoms with Crippen molar-refractivity contribution in [1.82, 2.24) is 9.78 Å². The van der Waals surface area contributed by atoms with Gasteiger partial charge in [-0.15, -0.1) is 0 Å². The highest BCUT2D eigenvalue weighted by Crippen LogP contribution is 2.35. The molecule has 3 rings (SSSR count). The second kappa shape index (κ2) is 2.04. The summed E-state index contributed by atoms with van der Waals surface area (Å²) in [5, 5.41) is 7.16. The molecule has 0 saturated carbocycles. The van der Waals surface area contributed by atoms with Crippen molar-refractivity contribution in [2.24, 2.45) is 0 Å². The van der Waals surface area contributed by atoms with E-state index < -0.39 is 0 Å². The maximum atomic E-state index is 11.0. The molecule has 0 spiro atoms. The summed E-state index contributed by atoms with van der Waals surface area (Å²) in [6, 6.07) is 0. The van der Waals surface area contributed by atoms with Gasteiger partial charge >= 0.3 is 0 Å². The molecule has 62 valence electrons. The van der Waals surface area contributed by atoms with E-state index in [9.17, 15) is 4.79 Å². The molecule has 0 radical (unpaired) electrons. The molecule has 2 aliphatic rings. The highest BCUT2D eigenvalue weighted by molar-refractivity contribution is 7.98. The molecule has 4 nitrogen and oxygen atoms in total. The fraction of sp³-hybridized carbons (Fsp3) is 0.429. The first-order valence-electron chi connectivity index (χ1n) is 3.81. The molecule has 1 amide bonds. The molecule has 0 aromatic carbocycles. The van der Waals surface area contributed by atoms with Crippen molar-refractivity contribution in [2.75, 3.05) is 5.32 Å². The van der Waals surface area contributed by atoms with Crippen LogP contribution in [0.15, 0.2) is 0 Å². The van der Waals surface area contributed by atoms with Crippen LogP contribution in [0.4, 0.5) is 5.82 Å². The smallest absolute Gasteiger partial charge is 0.247 e. The van der Waals surface area contributed by atoms with Gasteiger partial charge in [0.05, 0.1) is 5.69 Å². The number of fused-ring (bicyclic) bond motifs is 3. The van der Waals surface area contributed by atoms with Gasteiger partial charge in [0.1, 0.15) is 12.4 Å². The van der Waals surface area contributed by atoms with Crippen molar-refractivity contribution in [3.63, 3.8) is 0 Å². The summed E-state index contributed by atoms with van der Waals surface area (Å²) in [6.07, 6.45) is 0. The third-order valence-corrected chi connectivity index (χ3v) is 3.14. The molecule has 2 aliphatic heterocycles. The minimum absolute atomic E-state index is 0.0530. The van der Waals surface area contributed by atoms with Gasteiger partial charge in [-0.3, -0.25) is 4.79 Å². The van der Waals surface area contributed by atoms with Crippen LogP contribution in [-0.4, -0.2) is 15.7 Å². The maximum absolute atomic E-state index is 11.0. The van der Waals surface area contributed by atoms with Crippen molar-refractivity contribution in [3.8, 4) is 0 Å². The molecular formula is C7H7N3OS. The van der Waals surface area contributed by atoms with Crippen molar-refractivity contribution in [3.05, 3.63) is 11.3 Å². The van der Waals surface area contributed by atoms with E-state index in [4.69, 9.17) is 0 Å². The van der Waals surface area contributed by atoms with E-state index in [1.807, 2.05) is 11.8 Å². The molecule has 0 aliphatic carbocycles. The zero-order valence-corrected chi connectivity index (χ0v) is 7.15. The Morgan fingerprint density at radius 2 is 2.42 bits per heavy atom. The van der Waals surface area contributed by atoms with Crippen LogP contribution in [0.1, 0.15) is 11.3 Å². The van der Waals surface area contributed by atoms with E-state index in [-0.39, 0.29) is 5.91 Å². The summed E-state index contributed by atoms with van der Waals surface area (Å²) in [5.74, 6) is 2.97. The van der Waals surface area contributed by atoms with Crippen LogP contribution in [0.5, 0.6) is 0 Å². The Morgan fingerprint density at radius 3 is 3.33 bits per heavy atom. The summed E-state index contributed by atoms with van der Waals surface area (Å²) in [4.78, 5) is 11.0. The predicted octanol–water partition coefficient (Wildman–Crippen LogP) is 0.582. The normalized spacial score (nSPS) is 19.2. The van der Waals surface area contributed by atoms with E-state index in [0.29, 0.717) is 6.54 Å². The van der Waals surface area contributed by atoms with Gasteiger partial charge in [0.15, 0.2) is 0 Å². The van der Waals surface area contributed by atoms with Crippen molar-refractivity contribution in [1.29, 1.82) is 0 Å². The number of aromatic nitrogens is 2. The predicted molar refractivity (Wildman–Crippen MR) is 45.9 cm³/mol. The first kappa shape index (κ1) is 6.54. The monoisotopic (exact) mass is 181 g/mol. The molecule has 3 heterocycles. The zero-order chi connectivity index (χ0) is 8.13. The highest BCUT2D eigenvalue weighted by Gasteiger charge is 2.28. The molecule has 5 heteroatoms. The number of rotatable bonds is 0. The molecular weight excluding hydrogens is 174 g/mol. The summed E-state index contributed by atoms with van der Waals surface area (Å²) >= 11 is 1.85. The van der Waals surface area contributed by atoms with Crippen molar-refractivity contribution in [2.45, 2.75) is 18.1 Å². The van der Waals surface area contributed by atoms with Gasteiger partial charge in [-0.25, -0.2) is 4.68 Å². The van der Waals surface area contributed by atoms with E-state index in [0.717, 1.165) is 23.0 Å². The molecule has 1 aromatic rings. The number of anilines is 1. The molecule has 1 N–H and O–H groups in total. The SMILES string of the molecule is O=C1Cn2nc3c(c2N1)CSC3. The molecule has 0 bridgehead atoms. The Labute approximate surface area is 73.3 Å². The number of nitrogens with zero attached hydrogens (tertiary/aromatic N) is 2. The minimum atomic E-state index is 0.0530. The van der Waals surface area contributed by atoms with Crippen LogP contribution >= 0.6 is 11.8 Å². The Bertz CT molecular complexity index is 371. The van der Waals surface area contributed by atoms with Crippen LogP contribution < -0.4 is 5.32 Å². The van der Waals surface area contributed by atoms with E-state index in [1.165, 1.54) is 5.56 Å². The van der Waals surface area contributed by atoms with Crippen LogP contribution in [0.2, 0.25) is 0 Å². The average molecular weight is 181 g/mol. The summed E-state index contributed by atoms with van der Waals surface area (Å²) in [7, 11) is 0. The van der Waals surface area contributed by atoms with Gasteiger partial charge in [-0.2, -0.15) is 16.9 Å². The lowest BCUT2D eigenvalue weighted by Gasteiger charge is -1.93. The van der Waals surface area contributed by atoms with Gasteiger partial charge in [0, 0.05) is 17.1 Å². The van der Waals surface area contributed by atoms with Gasteiger partial charge in [0.2, 0.25) is 5.91 Å². The average Bonchev–Trinajstić information content (AvgIpc) is 2.59. The van der Waals surface area contributed by atoms with Crippen LogP contribution in [0.3, 0.4) is 0 Å². The van der Waals surface area contributed by atoms with Crippen molar-refractivity contribution < 1.29 is 4.79 Å². The molecule has 0 unspecified atom stereocenters. The third kappa shape index (κ3) is 0.691. The fourth-order valence-corrected chi connectivity index (χ4v) is 2.66. The first-order chi connectivity index (χ1) is 5.84. The lowest BCUT2D eigenvalue weighted by molar-refractivity contribution is -0.116. The van der Waals surface area contributed by atoms with Crippen LogP contribution in [0.25, 0.3) is 0 Å². The number of hydrogen-bond donors (Lipinski definition) is 1. The van der Waals surface area contributed by atoms with Crippen LogP contribution in [0, 0.1) is 0 Å². The molecule has 0 atom stereocenters. The Morgan fingerprint density at radius 1 is 1.50 bits per heavy atom.